The Labute approximate surface area is 162 Å². The van der Waals surface area contributed by atoms with Gasteiger partial charge in [0.25, 0.3) is 5.91 Å². The number of hydrogen-bond acceptors (Lipinski definition) is 6. The van der Waals surface area contributed by atoms with Gasteiger partial charge in [-0.3, -0.25) is 4.79 Å². The van der Waals surface area contributed by atoms with Gasteiger partial charge in [-0.15, -0.1) is 0 Å². The molecule has 0 N–H and O–H groups in total. The van der Waals surface area contributed by atoms with Gasteiger partial charge in [0, 0.05) is 43.2 Å². The summed E-state index contributed by atoms with van der Waals surface area (Å²) in [6, 6.07) is 10.1. The normalized spacial score (nSPS) is 17.5. The van der Waals surface area contributed by atoms with Crippen molar-refractivity contribution in [2.45, 2.75) is 25.7 Å². The molecular formula is C20H21N5OS. The quantitative estimate of drug-likeness (QED) is 0.699. The van der Waals surface area contributed by atoms with Crippen LogP contribution in [0.25, 0.3) is 10.1 Å². The van der Waals surface area contributed by atoms with Gasteiger partial charge >= 0.3 is 0 Å². The van der Waals surface area contributed by atoms with Crippen LogP contribution in [0.1, 0.15) is 40.8 Å². The van der Waals surface area contributed by atoms with E-state index < -0.39 is 0 Å². The Kier molecular flexibility index (Phi) is 4.04. The average molecular weight is 379 g/mol. The van der Waals surface area contributed by atoms with Crippen molar-refractivity contribution in [2.24, 2.45) is 0 Å². The van der Waals surface area contributed by atoms with Crippen LogP contribution < -0.4 is 4.90 Å². The molecule has 1 aliphatic heterocycles. The number of carbonyl (C=O) groups is 1. The largest absolute Gasteiger partial charge is 0.352 e. The van der Waals surface area contributed by atoms with Crippen LogP contribution in [0.5, 0.6) is 0 Å². The summed E-state index contributed by atoms with van der Waals surface area (Å²) in [7, 11) is 0. The summed E-state index contributed by atoms with van der Waals surface area (Å²) < 4.78 is 5.84. The van der Waals surface area contributed by atoms with Crippen molar-refractivity contribution in [2.75, 3.05) is 31.1 Å². The molecule has 0 atom stereocenters. The monoisotopic (exact) mass is 379 g/mol. The first-order valence-electron chi connectivity index (χ1n) is 9.43. The van der Waals surface area contributed by atoms with E-state index in [1.165, 1.54) is 21.6 Å². The van der Waals surface area contributed by atoms with Gasteiger partial charge in [0.2, 0.25) is 0 Å². The molecule has 0 radical (unpaired) electrons. The van der Waals surface area contributed by atoms with Crippen LogP contribution in [0.4, 0.5) is 5.82 Å². The Balaban J connectivity index is 1.31. The average Bonchev–Trinajstić information content (AvgIpc) is 3.46. The topological polar surface area (TPSA) is 62.2 Å². The van der Waals surface area contributed by atoms with Crippen LogP contribution in [0.2, 0.25) is 0 Å². The van der Waals surface area contributed by atoms with Gasteiger partial charge in [-0.2, -0.15) is 4.37 Å². The molecule has 0 bridgehead atoms. The van der Waals surface area contributed by atoms with E-state index in [2.05, 4.69) is 37.4 Å². The van der Waals surface area contributed by atoms with Crippen molar-refractivity contribution in [3.63, 3.8) is 0 Å². The summed E-state index contributed by atoms with van der Waals surface area (Å²) >= 11 is 1.53. The predicted molar refractivity (Wildman–Crippen MR) is 106 cm³/mol. The molecule has 6 nitrogen and oxygen atoms in total. The lowest BCUT2D eigenvalue weighted by molar-refractivity contribution is 0.0740. The standard InChI is InChI=1S/C20H21N5OS/c1-13-12-16(22-18(21-13)14-6-7-14)20(26)25-10-8-24(9-11-25)19-15-4-2-3-5-17(15)27-23-19/h2-5,12,14H,6-11H2,1H3. The summed E-state index contributed by atoms with van der Waals surface area (Å²) in [6.45, 7) is 4.90. The lowest BCUT2D eigenvalue weighted by atomic mass is 10.2. The molecule has 3 heterocycles. The fourth-order valence-electron chi connectivity index (χ4n) is 3.61. The maximum absolute atomic E-state index is 13.0. The van der Waals surface area contributed by atoms with E-state index in [-0.39, 0.29) is 5.91 Å². The van der Waals surface area contributed by atoms with Gasteiger partial charge in [-0.25, -0.2) is 9.97 Å². The Morgan fingerprint density at radius 3 is 2.67 bits per heavy atom. The molecule has 3 aromatic rings. The highest BCUT2D eigenvalue weighted by atomic mass is 32.1. The lowest BCUT2D eigenvalue weighted by Crippen LogP contribution is -2.49. The smallest absolute Gasteiger partial charge is 0.272 e. The fourth-order valence-corrected chi connectivity index (χ4v) is 4.40. The number of aromatic nitrogens is 3. The van der Waals surface area contributed by atoms with E-state index in [1.807, 2.05) is 24.0 Å². The molecule has 1 saturated carbocycles. The second-order valence-corrected chi connectivity index (χ2v) is 8.11. The number of carbonyl (C=O) groups excluding carboxylic acids is 1. The molecule has 1 amide bonds. The molecular weight excluding hydrogens is 358 g/mol. The highest BCUT2D eigenvalue weighted by Crippen LogP contribution is 2.38. The number of nitrogens with zero attached hydrogens (tertiary/aromatic N) is 5. The zero-order chi connectivity index (χ0) is 18.4. The maximum Gasteiger partial charge on any atom is 0.272 e. The summed E-state index contributed by atoms with van der Waals surface area (Å²) in [6.07, 6.45) is 2.27. The van der Waals surface area contributed by atoms with E-state index in [4.69, 9.17) is 0 Å². The van der Waals surface area contributed by atoms with Crippen molar-refractivity contribution in [3.8, 4) is 0 Å². The lowest BCUT2D eigenvalue weighted by Gasteiger charge is -2.35. The Morgan fingerprint density at radius 2 is 1.89 bits per heavy atom. The van der Waals surface area contributed by atoms with Gasteiger partial charge in [0.15, 0.2) is 0 Å². The third-order valence-corrected chi connectivity index (χ3v) is 6.07. The first kappa shape index (κ1) is 16.6. The maximum atomic E-state index is 13.0. The number of anilines is 1. The molecule has 1 saturated heterocycles. The first-order chi connectivity index (χ1) is 13.2. The van der Waals surface area contributed by atoms with Crippen LogP contribution in [0.15, 0.2) is 30.3 Å². The molecule has 0 unspecified atom stereocenters. The number of rotatable bonds is 3. The first-order valence-corrected chi connectivity index (χ1v) is 10.2. The van der Waals surface area contributed by atoms with Crippen LogP contribution in [0.3, 0.4) is 0 Å². The molecule has 0 spiro atoms. The number of amides is 1. The van der Waals surface area contributed by atoms with Crippen LogP contribution >= 0.6 is 11.5 Å². The summed E-state index contributed by atoms with van der Waals surface area (Å²) in [4.78, 5) is 26.2. The van der Waals surface area contributed by atoms with Crippen molar-refractivity contribution in [1.29, 1.82) is 0 Å². The van der Waals surface area contributed by atoms with E-state index in [0.29, 0.717) is 24.7 Å². The molecule has 5 rings (SSSR count). The van der Waals surface area contributed by atoms with E-state index in [9.17, 15) is 4.79 Å². The number of piperazine rings is 1. The second kappa shape index (κ2) is 6.56. The second-order valence-electron chi connectivity index (χ2n) is 7.31. The molecule has 1 aliphatic carbocycles. The molecule has 7 heteroatoms. The minimum absolute atomic E-state index is 0.0187. The molecule has 2 aliphatic rings. The van der Waals surface area contributed by atoms with E-state index in [0.717, 1.165) is 43.3 Å². The van der Waals surface area contributed by atoms with Gasteiger partial charge < -0.3 is 9.80 Å². The third kappa shape index (κ3) is 3.16. The van der Waals surface area contributed by atoms with E-state index >= 15 is 0 Å². The van der Waals surface area contributed by atoms with Crippen molar-refractivity contribution < 1.29 is 4.79 Å². The van der Waals surface area contributed by atoms with Gasteiger partial charge in [0.05, 0.1) is 4.70 Å². The van der Waals surface area contributed by atoms with Gasteiger partial charge in [-0.1, -0.05) is 12.1 Å². The highest BCUT2D eigenvalue weighted by Gasteiger charge is 2.29. The Hall–Kier alpha value is -2.54. The molecule has 2 aromatic heterocycles. The van der Waals surface area contributed by atoms with Crippen molar-refractivity contribution in [3.05, 3.63) is 47.5 Å². The van der Waals surface area contributed by atoms with Gasteiger partial charge in [0.1, 0.15) is 17.3 Å². The molecule has 2 fully saturated rings. The fraction of sp³-hybridized carbons (Fsp3) is 0.400. The minimum Gasteiger partial charge on any atom is -0.352 e. The predicted octanol–water partition coefficient (Wildman–Crippen LogP) is 3.23. The zero-order valence-electron chi connectivity index (χ0n) is 15.3. The minimum atomic E-state index is 0.0187. The summed E-state index contributed by atoms with van der Waals surface area (Å²) in [5.41, 5.74) is 1.42. The SMILES string of the molecule is Cc1cc(C(=O)N2CCN(c3nsc4ccccc34)CC2)nc(C2CC2)n1. The summed E-state index contributed by atoms with van der Waals surface area (Å²) in [5, 5.41) is 1.20. The van der Waals surface area contributed by atoms with Crippen LogP contribution in [0, 0.1) is 6.92 Å². The Morgan fingerprint density at radius 1 is 1.11 bits per heavy atom. The number of aryl methyl sites for hydroxylation is 1. The van der Waals surface area contributed by atoms with Crippen LogP contribution in [-0.4, -0.2) is 51.3 Å². The zero-order valence-corrected chi connectivity index (χ0v) is 16.1. The molecule has 1 aromatic carbocycles. The number of benzene rings is 1. The number of hydrogen-bond donors (Lipinski definition) is 0. The molecule has 138 valence electrons. The van der Waals surface area contributed by atoms with Crippen LogP contribution in [-0.2, 0) is 0 Å². The third-order valence-electron chi connectivity index (χ3n) is 5.26. The Bertz CT molecular complexity index is 1000. The van der Waals surface area contributed by atoms with E-state index in [1.54, 1.807) is 0 Å². The highest BCUT2D eigenvalue weighted by molar-refractivity contribution is 7.13. The molecule has 27 heavy (non-hydrogen) atoms. The summed E-state index contributed by atoms with van der Waals surface area (Å²) in [5.74, 6) is 2.35. The number of fused-ring (bicyclic) bond motifs is 1. The van der Waals surface area contributed by atoms with Gasteiger partial charge in [-0.05, 0) is 49.5 Å². The van der Waals surface area contributed by atoms with Crippen molar-refractivity contribution >= 4 is 33.3 Å². The van der Waals surface area contributed by atoms with Crippen molar-refractivity contribution in [1.82, 2.24) is 19.2 Å².